The average molecular weight is 450 g/mol. The molecule has 2 aromatic heterocycles. The molecule has 0 aliphatic heterocycles. The molecule has 9 nitrogen and oxygen atoms in total. The van der Waals surface area contributed by atoms with Gasteiger partial charge in [0, 0.05) is 44.9 Å². The molecule has 0 bridgehead atoms. The van der Waals surface area contributed by atoms with E-state index in [4.69, 9.17) is 4.74 Å². The number of halogens is 3. The van der Waals surface area contributed by atoms with E-state index in [0.29, 0.717) is 17.4 Å². The molecule has 0 aliphatic carbocycles. The Bertz CT molecular complexity index is 1080. The molecule has 0 saturated carbocycles. The first-order chi connectivity index (χ1) is 15.2. The summed E-state index contributed by atoms with van der Waals surface area (Å²) < 4.78 is 48.2. The van der Waals surface area contributed by atoms with Crippen LogP contribution in [0.2, 0.25) is 0 Å². The SMILES string of the molecule is COc1ncccc1-n1nc(Nc2cccc(OC(F)(F)F)c2)nc1CCC(=O)N(C)C. The number of pyridine rings is 1. The lowest BCUT2D eigenvalue weighted by Crippen LogP contribution is -2.22. The lowest BCUT2D eigenvalue weighted by atomic mass is 10.2. The largest absolute Gasteiger partial charge is 0.573 e. The third-order valence-corrected chi connectivity index (χ3v) is 4.23. The number of nitrogens with zero attached hydrogens (tertiary/aromatic N) is 5. The van der Waals surface area contributed by atoms with Gasteiger partial charge in [0.05, 0.1) is 7.11 Å². The number of methoxy groups -OCH3 is 1. The second kappa shape index (κ2) is 9.54. The van der Waals surface area contributed by atoms with E-state index in [-0.39, 0.29) is 36.1 Å². The monoisotopic (exact) mass is 450 g/mol. The van der Waals surface area contributed by atoms with Crippen molar-refractivity contribution < 1.29 is 27.4 Å². The summed E-state index contributed by atoms with van der Waals surface area (Å²) in [6.07, 6.45) is -2.80. The standard InChI is InChI=1S/C20H21F3N6O3/c1-28(2)17(30)10-9-16-26-19(27-29(16)15-8-5-11-24-18(15)31-3)25-13-6-4-7-14(12-13)32-20(21,22)23/h4-8,11-12H,9-10H2,1-3H3,(H,25,27). The highest BCUT2D eigenvalue weighted by molar-refractivity contribution is 5.75. The quantitative estimate of drug-likeness (QED) is 0.563. The Kier molecular flexibility index (Phi) is 6.81. The molecule has 2 heterocycles. The van der Waals surface area contributed by atoms with E-state index in [9.17, 15) is 18.0 Å². The Labute approximate surface area is 181 Å². The van der Waals surface area contributed by atoms with Crippen LogP contribution < -0.4 is 14.8 Å². The van der Waals surface area contributed by atoms with E-state index in [0.717, 1.165) is 0 Å². The normalized spacial score (nSPS) is 11.2. The van der Waals surface area contributed by atoms with Crippen LogP contribution >= 0.6 is 0 Å². The van der Waals surface area contributed by atoms with Gasteiger partial charge in [-0.05, 0) is 24.3 Å². The smallest absolute Gasteiger partial charge is 0.479 e. The van der Waals surface area contributed by atoms with E-state index in [1.165, 1.54) is 34.9 Å². The third-order valence-electron chi connectivity index (χ3n) is 4.23. The van der Waals surface area contributed by atoms with Crippen LogP contribution in [0.15, 0.2) is 42.6 Å². The molecule has 0 radical (unpaired) electrons. The van der Waals surface area contributed by atoms with E-state index >= 15 is 0 Å². The maximum absolute atomic E-state index is 12.5. The molecular formula is C20H21F3N6O3. The zero-order valence-electron chi connectivity index (χ0n) is 17.6. The molecule has 0 spiro atoms. The van der Waals surface area contributed by atoms with Gasteiger partial charge < -0.3 is 19.7 Å². The van der Waals surface area contributed by atoms with E-state index in [1.807, 2.05) is 0 Å². The number of nitrogens with one attached hydrogen (secondary N) is 1. The minimum Gasteiger partial charge on any atom is -0.479 e. The van der Waals surface area contributed by atoms with Gasteiger partial charge in [-0.2, -0.15) is 4.98 Å². The summed E-state index contributed by atoms with van der Waals surface area (Å²) in [4.78, 5) is 22.1. The van der Waals surface area contributed by atoms with Gasteiger partial charge in [-0.1, -0.05) is 6.07 Å². The topological polar surface area (TPSA) is 94.4 Å². The number of carbonyl (C=O) groups excluding carboxylic acids is 1. The third kappa shape index (κ3) is 5.86. The number of hydrogen-bond donors (Lipinski definition) is 1. The number of hydrogen-bond acceptors (Lipinski definition) is 7. The number of ether oxygens (including phenoxy) is 2. The molecule has 1 amide bonds. The minimum atomic E-state index is -4.80. The Morgan fingerprint density at radius 2 is 2.00 bits per heavy atom. The highest BCUT2D eigenvalue weighted by atomic mass is 19.4. The molecule has 1 N–H and O–H groups in total. The Morgan fingerprint density at radius 1 is 1.22 bits per heavy atom. The number of aryl methyl sites for hydroxylation is 1. The van der Waals surface area contributed by atoms with Crippen molar-refractivity contribution in [1.29, 1.82) is 0 Å². The zero-order valence-corrected chi connectivity index (χ0v) is 17.6. The number of anilines is 2. The lowest BCUT2D eigenvalue weighted by molar-refractivity contribution is -0.274. The van der Waals surface area contributed by atoms with Crippen LogP contribution in [0.4, 0.5) is 24.8 Å². The lowest BCUT2D eigenvalue weighted by Gasteiger charge is -2.11. The van der Waals surface area contributed by atoms with Gasteiger partial charge in [-0.15, -0.1) is 18.3 Å². The number of rotatable bonds is 8. The summed E-state index contributed by atoms with van der Waals surface area (Å²) in [5.41, 5.74) is 0.787. The molecule has 0 unspecified atom stereocenters. The molecule has 12 heteroatoms. The second-order valence-corrected chi connectivity index (χ2v) is 6.78. The van der Waals surface area contributed by atoms with Crippen LogP contribution in [0.1, 0.15) is 12.2 Å². The van der Waals surface area contributed by atoms with Crippen LogP contribution in [-0.4, -0.2) is 58.1 Å². The summed E-state index contributed by atoms with van der Waals surface area (Å²) in [6, 6.07) is 8.72. The maximum atomic E-state index is 12.5. The molecule has 32 heavy (non-hydrogen) atoms. The predicted octanol–water partition coefficient (Wildman–Crippen LogP) is 3.33. The van der Waals surface area contributed by atoms with Gasteiger partial charge in [0.2, 0.25) is 17.7 Å². The Balaban J connectivity index is 1.92. The van der Waals surface area contributed by atoms with Gasteiger partial charge >= 0.3 is 6.36 Å². The van der Waals surface area contributed by atoms with Crippen LogP contribution in [0.3, 0.4) is 0 Å². The van der Waals surface area contributed by atoms with Crippen molar-refractivity contribution in [2.75, 3.05) is 26.5 Å². The molecule has 3 rings (SSSR count). The van der Waals surface area contributed by atoms with Gasteiger partial charge in [-0.25, -0.2) is 9.67 Å². The molecule has 170 valence electrons. The van der Waals surface area contributed by atoms with Crippen molar-refractivity contribution in [2.45, 2.75) is 19.2 Å². The first-order valence-electron chi connectivity index (χ1n) is 9.44. The maximum Gasteiger partial charge on any atom is 0.573 e. The van der Waals surface area contributed by atoms with E-state index in [1.54, 1.807) is 38.5 Å². The van der Waals surface area contributed by atoms with Crippen molar-refractivity contribution in [1.82, 2.24) is 24.6 Å². The summed E-state index contributed by atoms with van der Waals surface area (Å²) in [6.45, 7) is 0. The van der Waals surface area contributed by atoms with Gasteiger partial charge in [0.15, 0.2) is 0 Å². The Morgan fingerprint density at radius 3 is 2.69 bits per heavy atom. The summed E-state index contributed by atoms with van der Waals surface area (Å²) in [5, 5.41) is 7.26. The van der Waals surface area contributed by atoms with Gasteiger partial charge in [-0.3, -0.25) is 4.79 Å². The van der Waals surface area contributed by atoms with Crippen molar-refractivity contribution in [3.63, 3.8) is 0 Å². The van der Waals surface area contributed by atoms with Crippen LogP contribution in [0.25, 0.3) is 5.69 Å². The van der Waals surface area contributed by atoms with Crippen LogP contribution in [0.5, 0.6) is 11.6 Å². The van der Waals surface area contributed by atoms with E-state index < -0.39 is 6.36 Å². The predicted molar refractivity (Wildman–Crippen MR) is 109 cm³/mol. The average Bonchev–Trinajstić information content (AvgIpc) is 3.13. The zero-order chi connectivity index (χ0) is 23.3. The highest BCUT2D eigenvalue weighted by Gasteiger charge is 2.31. The van der Waals surface area contributed by atoms with Gasteiger partial charge in [0.1, 0.15) is 17.3 Å². The highest BCUT2D eigenvalue weighted by Crippen LogP contribution is 2.27. The van der Waals surface area contributed by atoms with Crippen molar-refractivity contribution >= 4 is 17.5 Å². The molecular weight excluding hydrogens is 429 g/mol. The first kappa shape index (κ1) is 22.8. The van der Waals surface area contributed by atoms with Crippen molar-refractivity contribution in [2.24, 2.45) is 0 Å². The second-order valence-electron chi connectivity index (χ2n) is 6.78. The molecule has 0 fully saturated rings. The number of benzene rings is 1. The number of amides is 1. The minimum absolute atomic E-state index is 0.0933. The van der Waals surface area contributed by atoms with E-state index in [2.05, 4.69) is 25.1 Å². The van der Waals surface area contributed by atoms with Crippen LogP contribution in [0, 0.1) is 0 Å². The van der Waals surface area contributed by atoms with Gasteiger partial charge in [0.25, 0.3) is 0 Å². The molecule has 0 saturated heterocycles. The molecule has 3 aromatic rings. The van der Waals surface area contributed by atoms with Crippen molar-refractivity contribution in [3.8, 4) is 17.3 Å². The number of alkyl halides is 3. The molecule has 0 aliphatic rings. The fourth-order valence-electron chi connectivity index (χ4n) is 2.80. The summed E-state index contributed by atoms with van der Waals surface area (Å²) in [7, 11) is 4.77. The molecule has 0 atom stereocenters. The fourth-order valence-corrected chi connectivity index (χ4v) is 2.80. The summed E-state index contributed by atoms with van der Waals surface area (Å²) in [5.74, 6) is 0.380. The first-order valence-corrected chi connectivity index (χ1v) is 9.44. The van der Waals surface area contributed by atoms with Crippen LogP contribution in [-0.2, 0) is 11.2 Å². The Hall–Kier alpha value is -3.83. The molecule has 1 aromatic carbocycles. The summed E-state index contributed by atoms with van der Waals surface area (Å²) >= 11 is 0. The number of aromatic nitrogens is 4. The van der Waals surface area contributed by atoms with Crippen molar-refractivity contribution in [3.05, 3.63) is 48.4 Å². The fraction of sp³-hybridized carbons (Fsp3) is 0.300. The number of carbonyl (C=O) groups is 1.